The molecule has 4 heteroatoms. The van der Waals surface area contributed by atoms with Gasteiger partial charge < -0.3 is 16.0 Å². The minimum atomic E-state index is -0.378. The highest BCUT2D eigenvalue weighted by molar-refractivity contribution is 5.86. The van der Waals surface area contributed by atoms with Gasteiger partial charge in [0.15, 0.2) is 0 Å². The van der Waals surface area contributed by atoms with Crippen molar-refractivity contribution in [2.24, 2.45) is 0 Å². The fourth-order valence-electron chi connectivity index (χ4n) is 4.02. The van der Waals surface area contributed by atoms with Crippen LogP contribution in [0.4, 0.5) is 0 Å². The average Bonchev–Trinajstić information content (AvgIpc) is 2.25. The molecular formula is C16H31N3O. The highest BCUT2D eigenvalue weighted by Gasteiger charge is 2.41. The zero-order chi connectivity index (χ0) is 15.0. The molecule has 116 valence electrons. The summed E-state index contributed by atoms with van der Waals surface area (Å²) in [6.07, 6.45) is 5.23. The molecule has 0 radical (unpaired) electrons. The SMILES string of the molecule is CC1(C)CC(NC(=O)C2(C)CCCCN2)CC(C)(C)N1. The molecule has 3 N–H and O–H groups in total. The first kappa shape index (κ1) is 15.8. The predicted molar refractivity (Wildman–Crippen MR) is 82.7 cm³/mol. The Balaban J connectivity index is 2.00. The standard InChI is InChI=1S/C16H31N3O/c1-14(2)10-12(11-15(3,4)19-14)18-13(20)16(5)8-6-7-9-17-16/h12,17,19H,6-11H2,1-5H3,(H,18,20). The molecule has 0 aliphatic carbocycles. The quantitative estimate of drug-likeness (QED) is 0.725. The number of nitrogens with one attached hydrogen (secondary N) is 3. The van der Waals surface area contributed by atoms with Crippen LogP contribution in [-0.2, 0) is 4.79 Å². The van der Waals surface area contributed by atoms with Crippen LogP contribution in [0.1, 0.15) is 66.7 Å². The van der Waals surface area contributed by atoms with Gasteiger partial charge in [-0.05, 0) is 73.3 Å². The van der Waals surface area contributed by atoms with Crippen molar-refractivity contribution < 1.29 is 4.79 Å². The van der Waals surface area contributed by atoms with Gasteiger partial charge in [0.05, 0.1) is 5.54 Å². The predicted octanol–water partition coefficient (Wildman–Crippen LogP) is 1.94. The van der Waals surface area contributed by atoms with Gasteiger partial charge in [-0.15, -0.1) is 0 Å². The summed E-state index contributed by atoms with van der Waals surface area (Å²) in [5.74, 6) is 0.177. The third kappa shape index (κ3) is 3.73. The van der Waals surface area contributed by atoms with E-state index < -0.39 is 0 Å². The van der Waals surface area contributed by atoms with Gasteiger partial charge in [0, 0.05) is 17.1 Å². The summed E-state index contributed by atoms with van der Waals surface area (Å²) in [5, 5.41) is 10.4. The number of hydrogen-bond donors (Lipinski definition) is 3. The van der Waals surface area contributed by atoms with Crippen molar-refractivity contribution in [3.05, 3.63) is 0 Å². The van der Waals surface area contributed by atoms with E-state index in [-0.39, 0.29) is 28.6 Å². The van der Waals surface area contributed by atoms with Crippen molar-refractivity contribution in [3.63, 3.8) is 0 Å². The fourth-order valence-corrected chi connectivity index (χ4v) is 4.02. The molecule has 20 heavy (non-hydrogen) atoms. The van der Waals surface area contributed by atoms with E-state index >= 15 is 0 Å². The Hall–Kier alpha value is -0.610. The molecule has 2 heterocycles. The van der Waals surface area contributed by atoms with Gasteiger partial charge in [-0.1, -0.05) is 0 Å². The van der Waals surface area contributed by atoms with E-state index in [9.17, 15) is 4.79 Å². The highest BCUT2D eigenvalue weighted by Crippen LogP contribution is 2.29. The third-order valence-electron chi connectivity index (χ3n) is 4.65. The summed E-state index contributed by atoms with van der Waals surface area (Å²) in [6.45, 7) is 11.9. The van der Waals surface area contributed by atoms with Gasteiger partial charge in [-0.2, -0.15) is 0 Å². The Bertz CT molecular complexity index is 354. The van der Waals surface area contributed by atoms with E-state index in [2.05, 4.69) is 43.6 Å². The van der Waals surface area contributed by atoms with Crippen LogP contribution >= 0.6 is 0 Å². The van der Waals surface area contributed by atoms with Crippen molar-refractivity contribution >= 4 is 5.91 Å². The largest absolute Gasteiger partial charge is 0.352 e. The first-order valence-corrected chi connectivity index (χ1v) is 7.97. The van der Waals surface area contributed by atoms with Crippen LogP contribution < -0.4 is 16.0 Å². The zero-order valence-corrected chi connectivity index (χ0v) is 13.7. The van der Waals surface area contributed by atoms with Crippen LogP contribution in [0.5, 0.6) is 0 Å². The van der Waals surface area contributed by atoms with E-state index in [1.807, 2.05) is 6.92 Å². The number of amides is 1. The van der Waals surface area contributed by atoms with Gasteiger partial charge in [0.1, 0.15) is 0 Å². The number of rotatable bonds is 2. The van der Waals surface area contributed by atoms with Gasteiger partial charge in [0.25, 0.3) is 0 Å². The van der Waals surface area contributed by atoms with E-state index in [0.717, 1.165) is 32.2 Å². The molecule has 1 unspecified atom stereocenters. The van der Waals surface area contributed by atoms with Crippen LogP contribution in [0.2, 0.25) is 0 Å². The maximum Gasteiger partial charge on any atom is 0.240 e. The highest BCUT2D eigenvalue weighted by atomic mass is 16.2. The molecule has 2 fully saturated rings. The molecule has 0 saturated carbocycles. The number of carbonyl (C=O) groups is 1. The molecule has 1 amide bonds. The topological polar surface area (TPSA) is 53.2 Å². The van der Waals surface area contributed by atoms with Crippen LogP contribution in [0.15, 0.2) is 0 Å². The maximum atomic E-state index is 12.6. The molecule has 0 aromatic carbocycles. The van der Waals surface area contributed by atoms with Crippen molar-refractivity contribution in [2.75, 3.05) is 6.54 Å². The molecule has 0 spiro atoms. The Morgan fingerprint density at radius 3 is 2.15 bits per heavy atom. The summed E-state index contributed by atoms with van der Waals surface area (Å²) in [4.78, 5) is 12.6. The second-order valence-electron chi connectivity index (χ2n) is 8.19. The lowest BCUT2D eigenvalue weighted by molar-refractivity contribution is -0.129. The lowest BCUT2D eigenvalue weighted by Gasteiger charge is -2.47. The molecule has 0 aromatic heterocycles. The van der Waals surface area contributed by atoms with Gasteiger partial charge >= 0.3 is 0 Å². The summed E-state index contributed by atoms with van der Waals surface area (Å²) >= 11 is 0. The zero-order valence-electron chi connectivity index (χ0n) is 13.7. The average molecular weight is 281 g/mol. The second kappa shape index (κ2) is 5.30. The first-order valence-electron chi connectivity index (χ1n) is 7.97. The van der Waals surface area contributed by atoms with Crippen LogP contribution in [0.3, 0.4) is 0 Å². The normalized spacial score (nSPS) is 33.6. The lowest BCUT2D eigenvalue weighted by Crippen LogP contribution is -2.65. The van der Waals surface area contributed by atoms with Crippen molar-refractivity contribution in [1.82, 2.24) is 16.0 Å². The maximum absolute atomic E-state index is 12.6. The molecule has 0 aromatic rings. The smallest absolute Gasteiger partial charge is 0.240 e. The lowest BCUT2D eigenvalue weighted by atomic mass is 9.79. The van der Waals surface area contributed by atoms with E-state index in [4.69, 9.17) is 0 Å². The van der Waals surface area contributed by atoms with E-state index in [1.54, 1.807) is 0 Å². The summed E-state index contributed by atoms with van der Waals surface area (Å²) in [5.41, 5.74) is -0.237. The molecule has 0 bridgehead atoms. The summed E-state index contributed by atoms with van der Waals surface area (Å²) in [7, 11) is 0. The first-order chi connectivity index (χ1) is 9.12. The van der Waals surface area contributed by atoms with Crippen LogP contribution in [-0.4, -0.2) is 35.1 Å². The monoisotopic (exact) mass is 281 g/mol. The number of piperidine rings is 2. The summed E-state index contributed by atoms with van der Waals surface area (Å²) in [6, 6.07) is 0.259. The van der Waals surface area contributed by atoms with Crippen molar-refractivity contribution in [1.29, 1.82) is 0 Å². The molecular weight excluding hydrogens is 250 g/mol. The Morgan fingerprint density at radius 2 is 1.65 bits per heavy atom. The Morgan fingerprint density at radius 1 is 1.05 bits per heavy atom. The van der Waals surface area contributed by atoms with E-state index in [1.165, 1.54) is 6.42 Å². The molecule has 4 nitrogen and oxygen atoms in total. The van der Waals surface area contributed by atoms with Crippen molar-refractivity contribution in [3.8, 4) is 0 Å². The summed E-state index contributed by atoms with van der Waals surface area (Å²) < 4.78 is 0. The van der Waals surface area contributed by atoms with Gasteiger partial charge in [-0.3, -0.25) is 4.79 Å². The van der Waals surface area contributed by atoms with Crippen molar-refractivity contribution in [2.45, 2.75) is 89.4 Å². The number of hydrogen-bond acceptors (Lipinski definition) is 3. The number of carbonyl (C=O) groups excluding carboxylic acids is 1. The van der Waals surface area contributed by atoms with Crippen LogP contribution in [0, 0.1) is 0 Å². The fraction of sp³-hybridized carbons (Fsp3) is 0.938. The van der Waals surface area contributed by atoms with Crippen LogP contribution in [0.25, 0.3) is 0 Å². The van der Waals surface area contributed by atoms with E-state index in [0.29, 0.717) is 0 Å². The third-order valence-corrected chi connectivity index (χ3v) is 4.65. The Labute approximate surface area is 123 Å². The minimum Gasteiger partial charge on any atom is -0.352 e. The molecule has 2 aliphatic rings. The molecule has 2 saturated heterocycles. The minimum absolute atomic E-state index is 0.0700. The molecule has 1 atom stereocenters. The molecule has 2 aliphatic heterocycles. The van der Waals surface area contributed by atoms with Gasteiger partial charge in [0.2, 0.25) is 5.91 Å². The molecule has 2 rings (SSSR count). The van der Waals surface area contributed by atoms with Gasteiger partial charge in [-0.25, -0.2) is 0 Å². The Kier molecular flexibility index (Phi) is 4.18. The second-order valence-corrected chi connectivity index (χ2v) is 8.19.